The number of hydrogen-bond acceptors (Lipinski definition) is 5. The molecule has 0 aliphatic heterocycles. The maximum atomic E-state index is 13.7. The van der Waals surface area contributed by atoms with Gasteiger partial charge in [0.15, 0.2) is 5.76 Å². The second-order valence-corrected chi connectivity index (χ2v) is 7.08. The molecule has 6 nitrogen and oxygen atoms in total. The molecule has 0 fully saturated rings. The van der Waals surface area contributed by atoms with E-state index in [1.807, 2.05) is 0 Å². The first-order valence-electron chi connectivity index (χ1n) is 7.40. The van der Waals surface area contributed by atoms with Gasteiger partial charge in [0.05, 0.1) is 18.5 Å². The summed E-state index contributed by atoms with van der Waals surface area (Å²) in [4.78, 5) is -0.205. The molecule has 0 saturated carbocycles. The van der Waals surface area contributed by atoms with Crippen molar-refractivity contribution in [2.45, 2.75) is 11.8 Å². The second kappa shape index (κ2) is 6.75. The Kier molecular flexibility index (Phi) is 4.64. The van der Waals surface area contributed by atoms with E-state index < -0.39 is 21.7 Å². The highest BCUT2D eigenvalue weighted by atomic mass is 32.2. The van der Waals surface area contributed by atoms with Crippen LogP contribution in [0.2, 0.25) is 0 Å². The fourth-order valence-electron chi connectivity index (χ4n) is 2.31. The van der Waals surface area contributed by atoms with Gasteiger partial charge in [-0.3, -0.25) is 4.72 Å². The highest BCUT2D eigenvalue weighted by Gasteiger charge is 2.22. The summed E-state index contributed by atoms with van der Waals surface area (Å²) in [6.07, 6.45) is 0. The van der Waals surface area contributed by atoms with Crippen molar-refractivity contribution in [1.82, 2.24) is 5.16 Å². The summed E-state index contributed by atoms with van der Waals surface area (Å²) in [5.41, 5.74) is 0.863. The molecule has 2 aromatic carbocycles. The van der Waals surface area contributed by atoms with Crippen LogP contribution >= 0.6 is 0 Å². The lowest BCUT2D eigenvalue weighted by atomic mass is 10.1. The van der Waals surface area contributed by atoms with Crippen LogP contribution in [0, 0.1) is 18.6 Å². The molecule has 3 rings (SSSR count). The number of aromatic nitrogens is 1. The quantitative estimate of drug-likeness (QED) is 0.729. The van der Waals surface area contributed by atoms with Crippen LogP contribution in [0.25, 0.3) is 11.3 Å². The summed E-state index contributed by atoms with van der Waals surface area (Å²) >= 11 is 0. The lowest BCUT2D eigenvalue weighted by molar-refractivity contribution is 0.401. The SMILES string of the molecule is COc1cc(-c2cc(C)no2)ccc1S(=O)(=O)Nc1ccc(F)cc1F. The second-order valence-electron chi connectivity index (χ2n) is 5.43. The van der Waals surface area contributed by atoms with Crippen molar-refractivity contribution in [2.24, 2.45) is 0 Å². The first-order valence-corrected chi connectivity index (χ1v) is 8.88. The number of halogens is 2. The number of nitrogens with zero attached hydrogens (tertiary/aromatic N) is 1. The van der Waals surface area contributed by atoms with Crippen molar-refractivity contribution in [1.29, 1.82) is 0 Å². The standard InChI is InChI=1S/C17H14F2N2O4S/c1-10-7-15(25-20-10)11-3-6-17(16(8-11)24-2)26(22,23)21-14-5-4-12(18)9-13(14)19/h3-9,21H,1-2H3. The van der Waals surface area contributed by atoms with Crippen LogP contribution in [0.4, 0.5) is 14.5 Å². The highest BCUT2D eigenvalue weighted by Crippen LogP contribution is 2.32. The monoisotopic (exact) mass is 380 g/mol. The van der Waals surface area contributed by atoms with Gasteiger partial charge in [0.1, 0.15) is 22.3 Å². The molecule has 1 heterocycles. The Morgan fingerprint density at radius 2 is 1.88 bits per heavy atom. The Labute approximate surface area is 148 Å². The van der Waals surface area contributed by atoms with Crippen LogP contribution < -0.4 is 9.46 Å². The van der Waals surface area contributed by atoms with Crippen molar-refractivity contribution >= 4 is 15.7 Å². The van der Waals surface area contributed by atoms with Crippen LogP contribution in [-0.2, 0) is 10.0 Å². The van der Waals surface area contributed by atoms with Crippen molar-refractivity contribution in [2.75, 3.05) is 11.8 Å². The summed E-state index contributed by atoms with van der Waals surface area (Å²) in [6.45, 7) is 1.75. The van der Waals surface area contributed by atoms with Crippen LogP contribution in [-0.4, -0.2) is 20.7 Å². The lowest BCUT2D eigenvalue weighted by Crippen LogP contribution is -2.15. The predicted octanol–water partition coefficient (Wildman–Crippen LogP) is 3.74. The largest absolute Gasteiger partial charge is 0.495 e. The summed E-state index contributed by atoms with van der Waals surface area (Å²) in [5, 5.41) is 3.77. The molecule has 0 spiro atoms. The predicted molar refractivity (Wildman–Crippen MR) is 90.4 cm³/mol. The van der Waals surface area contributed by atoms with Crippen LogP contribution in [0.3, 0.4) is 0 Å². The van der Waals surface area contributed by atoms with E-state index in [2.05, 4.69) is 9.88 Å². The molecule has 136 valence electrons. The number of rotatable bonds is 5. The topological polar surface area (TPSA) is 81.4 Å². The number of hydrogen-bond donors (Lipinski definition) is 1. The molecular formula is C17H14F2N2O4S. The molecule has 3 aromatic rings. The Balaban J connectivity index is 1.99. The molecule has 0 amide bonds. The van der Waals surface area contributed by atoms with Crippen molar-refractivity contribution < 1.29 is 26.5 Å². The van der Waals surface area contributed by atoms with E-state index in [4.69, 9.17) is 9.26 Å². The van der Waals surface area contributed by atoms with Gasteiger partial charge in [-0.1, -0.05) is 5.16 Å². The highest BCUT2D eigenvalue weighted by molar-refractivity contribution is 7.92. The summed E-state index contributed by atoms with van der Waals surface area (Å²) < 4.78 is 64.3. The molecule has 1 aromatic heterocycles. The molecule has 26 heavy (non-hydrogen) atoms. The minimum Gasteiger partial charge on any atom is -0.495 e. The average Bonchev–Trinajstić information content (AvgIpc) is 3.03. The fraction of sp³-hybridized carbons (Fsp3) is 0.118. The van der Waals surface area contributed by atoms with Gasteiger partial charge in [-0.2, -0.15) is 0 Å². The van der Waals surface area contributed by atoms with Crippen LogP contribution in [0.15, 0.2) is 51.9 Å². The third-order valence-electron chi connectivity index (χ3n) is 3.54. The molecule has 0 unspecified atom stereocenters. The van der Waals surface area contributed by atoms with Crippen molar-refractivity contribution in [3.05, 3.63) is 59.8 Å². The van der Waals surface area contributed by atoms with Crippen LogP contribution in [0.1, 0.15) is 5.69 Å². The van der Waals surface area contributed by atoms with Gasteiger partial charge in [-0.25, -0.2) is 17.2 Å². The van der Waals surface area contributed by atoms with Crippen LogP contribution in [0.5, 0.6) is 5.75 Å². The van der Waals surface area contributed by atoms with Gasteiger partial charge in [0, 0.05) is 17.7 Å². The van der Waals surface area contributed by atoms with Gasteiger partial charge < -0.3 is 9.26 Å². The molecule has 0 radical (unpaired) electrons. The number of methoxy groups -OCH3 is 1. The van der Waals surface area contributed by atoms with Gasteiger partial charge in [0.25, 0.3) is 10.0 Å². The maximum absolute atomic E-state index is 13.7. The van der Waals surface area contributed by atoms with Gasteiger partial charge in [0.2, 0.25) is 0 Å². The first kappa shape index (κ1) is 17.9. The molecular weight excluding hydrogens is 366 g/mol. The Bertz CT molecular complexity index is 1060. The first-order chi connectivity index (χ1) is 12.3. The zero-order chi connectivity index (χ0) is 18.9. The Morgan fingerprint density at radius 3 is 2.50 bits per heavy atom. The molecule has 0 atom stereocenters. The zero-order valence-electron chi connectivity index (χ0n) is 13.8. The van der Waals surface area contributed by atoms with E-state index in [-0.39, 0.29) is 16.3 Å². The van der Waals surface area contributed by atoms with Gasteiger partial charge >= 0.3 is 0 Å². The number of aryl methyl sites for hydroxylation is 1. The number of nitrogens with one attached hydrogen (secondary N) is 1. The number of anilines is 1. The number of sulfonamides is 1. The minimum atomic E-state index is -4.17. The normalized spacial score (nSPS) is 11.4. The Morgan fingerprint density at radius 1 is 1.12 bits per heavy atom. The average molecular weight is 380 g/mol. The lowest BCUT2D eigenvalue weighted by Gasteiger charge is -2.13. The fourth-order valence-corrected chi connectivity index (χ4v) is 3.53. The summed E-state index contributed by atoms with van der Waals surface area (Å²) in [7, 11) is -2.86. The van der Waals surface area contributed by atoms with E-state index in [1.54, 1.807) is 13.0 Å². The van der Waals surface area contributed by atoms with E-state index in [1.165, 1.54) is 25.3 Å². The zero-order valence-corrected chi connectivity index (χ0v) is 14.6. The van der Waals surface area contributed by atoms with E-state index in [0.29, 0.717) is 23.1 Å². The van der Waals surface area contributed by atoms with Crippen molar-refractivity contribution in [3.63, 3.8) is 0 Å². The maximum Gasteiger partial charge on any atom is 0.265 e. The minimum absolute atomic E-state index is 0.0339. The molecule has 9 heteroatoms. The van der Waals surface area contributed by atoms with E-state index in [0.717, 1.165) is 12.1 Å². The number of ether oxygens (including phenoxy) is 1. The van der Waals surface area contributed by atoms with Crippen molar-refractivity contribution in [3.8, 4) is 17.1 Å². The molecule has 1 N–H and O–H groups in total. The van der Waals surface area contributed by atoms with E-state index in [9.17, 15) is 17.2 Å². The summed E-state index contributed by atoms with van der Waals surface area (Å²) in [5.74, 6) is -1.36. The molecule has 0 aliphatic carbocycles. The summed E-state index contributed by atoms with van der Waals surface area (Å²) in [6, 6.07) is 8.51. The number of benzene rings is 2. The molecule has 0 bridgehead atoms. The smallest absolute Gasteiger partial charge is 0.265 e. The van der Waals surface area contributed by atoms with Gasteiger partial charge in [-0.15, -0.1) is 0 Å². The van der Waals surface area contributed by atoms with E-state index >= 15 is 0 Å². The third kappa shape index (κ3) is 3.52. The Hall–Kier alpha value is -2.94. The van der Waals surface area contributed by atoms with Gasteiger partial charge in [-0.05, 0) is 37.3 Å². The molecule has 0 aliphatic rings. The molecule has 0 saturated heterocycles. The third-order valence-corrected chi connectivity index (χ3v) is 4.95.